The van der Waals surface area contributed by atoms with Crippen molar-refractivity contribution in [1.29, 1.82) is 0 Å². The van der Waals surface area contributed by atoms with Crippen molar-refractivity contribution >= 4 is 23.5 Å². The molecule has 0 aliphatic rings. The fraction of sp³-hybridized carbons (Fsp3) is 0.444. The Balaban J connectivity index is 3.62. The van der Waals surface area contributed by atoms with Crippen molar-refractivity contribution < 1.29 is 42.2 Å². The van der Waals surface area contributed by atoms with Gasteiger partial charge >= 0.3 is 18.1 Å². The molecule has 0 amide bonds. The molecule has 0 saturated carbocycles. The number of esters is 1. The molecular weight excluding hydrogens is 369 g/mol. The summed E-state index contributed by atoms with van der Waals surface area (Å²) >= 11 is 0. The van der Waals surface area contributed by atoms with Crippen LogP contribution in [0.3, 0.4) is 0 Å². The highest BCUT2D eigenvalue weighted by Crippen LogP contribution is 2.39. The van der Waals surface area contributed by atoms with Gasteiger partial charge in [-0.2, -0.15) is 13.2 Å². The molecule has 3 unspecified atom stereocenters. The summed E-state index contributed by atoms with van der Waals surface area (Å²) in [4.78, 5) is 47.8. The summed E-state index contributed by atoms with van der Waals surface area (Å²) < 4.78 is 45.0. The van der Waals surface area contributed by atoms with Gasteiger partial charge in [0.15, 0.2) is 0 Å². The quantitative estimate of drug-likeness (QED) is 0.418. The van der Waals surface area contributed by atoms with Gasteiger partial charge in [-0.25, -0.2) is 4.79 Å². The Morgan fingerprint density at radius 3 is 2.15 bits per heavy atom. The first kappa shape index (κ1) is 22.3. The third kappa shape index (κ3) is 5.38. The summed E-state index contributed by atoms with van der Waals surface area (Å²) in [6.07, 6.45) is -5.24. The first-order valence-electron chi connectivity index (χ1n) is 8.05. The van der Waals surface area contributed by atoms with E-state index in [9.17, 15) is 32.3 Å². The van der Waals surface area contributed by atoms with Crippen LogP contribution in [0, 0.1) is 5.92 Å². The lowest BCUT2D eigenvalue weighted by atomic mass is 9.78. The molecule has 0 aliphatic carbocycles. The van der Waals surface area contributed by atoms with E-state index in [1.807, 2.05) is 0 Å². The normalized spacial score (nSPS) is 14.7. The predicted molar refractivity (Wildman–Crippen MR) is 86.8 cm³/mol. The van der Waals surface area contributed by atoms with E-state index in [1.165, 1.54) is 6.92 Å². The number of carbonyl (C=O) groups excluding carboxylic acids is 3. The number of hydrogen-bond acceptors (Lipinski definition) is 5. The zero-order valence-corrected chi connectivity index (χ0v) is 14.9. The number of ketones is 2. The Morgan fingerprint density at radius 1 is 1.15 bits per heavy atom. The molecule has 1 N–H and O–H groups in total. The van der Waals surface area contributed by atoms with Crippen LogP contribution in [0.5, 0.6) is 0 Å². The van der Waals surface area contributed by atoms with Crippen LogP contribution in [-0.2, 0) is 30.1 Å². The van der Waals surface area contributed by atoms with Gasteiger partial charge in [-0.1, -0.05) is 25.1 Å². The third-order valence-corrected chi connectivity index (χ3v) is 4.01. The van der Waals surface area contributed by atoms with Gasteiger partial charge in [0.2, 0.25) is 5.78 Å². The number of carboxylic acids is 1. The van der Waals surface area contributed by atoms with Crippen LogP contribution in [0.25, 0.3) is 0 Å². The van der Waals surface area contributed by atoms with E-state index >= 15 is 0 Å². The highest BCUT2D eigenvalue weighted by atomic mass is 19.4. The number of ether oxygens (including phenoxy) is 1. The van der Waals surface area contributed by atoms with Crippen LogP contribution < -0.4 is 0 Å². The van der Waals surface area contributed by atoms with Crippen molar-refractivity contribution in [3.8, 4) is 0 Å². The number of alkyl halides is 3. The van der Waals surface area contributed by atoms with Gasteiger partial charge in [0, 0.05) is 0 Å². The number of hydrogen-bond donors (Lipinski definition) is 1. The standard InChI is InChI=1S/C18H19F3O6/c1-4-9(2)27-17(26)13(10(3)22)14(15(23)16(24)25)11-7-5-6-8-12(11)18(19,20)21/h5-9,13-14H,4H2,1-3H3,(H,24,25). The molecule has 0 aromatic heterocycles. The van der Waals surface area contributed by atoms with Gasteiger partial charge < -0.3 is 9.84 Å². The van der Waals surface area contributed by atoms with Crippen molar-refractivity contribution in [1.82, 2.24) is 0 Å². The maximum atomic E-state index is 13.3. The Hall–Kier alpha value is -2.71. The van der Waals surface area contributed by atoms with Gasteiger partial charge in [0.05, 0.1) is 17.6 Å². The molecule has 0 bridgehead atoms. The van der Waals surface area contributed by atoms with Crippen molar-refractivity contribution in [2.75, 3.05) is 0 Å². The van der Waals surface area contributed by atoms with Crippen molar-refractivity contribution in [2.24, 2.45) is 5.92 Å². The van der Waals surface area contributed by atoms with E-state index in [4.69, 9.17) is 9.84 Å². The second-order valence-electron chi connectivity index (χ2n) is 5.98. The Labute approximate surface area is 153 Å². The van der Waals surface area contributed by atoms with Crippen LogP contribution in [-0.4, -0.2) is 34.7 Å². The topological polar surface area (TPSA) is 97.7 Å². The number of aliphatic carboxylic acids is 1. The van der Waals surface area contributed by atoms with E-state index in [0.29, 0.717) is 12.5 Å². The van der Waals surface area contributed by atoms with Gasteiger partial charge in [-0.05, 0) is 31.9 Å². The Kier molecular flexibility index (Phi) is 7.27. The largest absolute Gasteiger partial charge is 0.475 e. The molecule has 0 radical (unpaired) electrons. The molecule has 1 aromatic carbocycles. The SMILES string of the molecule is CCC(C)OC(=O)C(C(C)=O)C(C(=O)C(=O)O)c1ccccc1C(F)(F)F. The molecule has 0 heterocycles. The number of benzene rings is 1. The summed E-state index contributed by atoms with van der Waals surface area (Å²) in [6, 6.07) is 3.73. The molecule has 0 fully saturated rings. The maximum Gasteiger partial charge on any atom is 0.416 e. The summed E-state index contributed by atoms with van der Waals surface area (Å²) in [5.74, 6) is -10.1. The second-order valence-corrected chi connectivity index (χ2v) is 5.98. The smallest absolute Gasteiger partial charge is 0.416 e. The minimum Gasteiger partial charge on any atom is -0.475 e. The first-order chi connectivity index (χ1) is 12.4. The van der Waals surface area contributed by atoms with Crippen LogP contribution in [0.4, 0.5) is 13.2 Å². The van der Waals surface area contributed by atoms with E-state index in [1.54, 1.807) is 6.92 Å². The molecule has 1 rings (SSSR count). The molecule has 0 saturated heterocycles. The van der Waals surface area contributed by atoms with Gasteiger partial charge in [0.25, 0.3) is 0 Å². The molecule has 148 valence electrons. The first-order valence-corrected chi connectivity index (χ1v) is 8.05. The molecular formula is C18H19F3O6. The lowest BCUT2D eigenvalue weighted by Gasteiger charge is -2.25. The lowest BCUT2D eigenvalue weighted by molar-refractivity contribution is -0.161. The highest BCUT2D eigenvalue weighted by molar-refractivity contribution is 6.36. The maximum absolute atomic E-state index is 13.3. The Morgan fingerprint density at radius 2 is 1.70 bits per heavy atom. The second kappa shape index (κ2) is 8.79. The van der Waals surface area contributed by atoms with E-state index in [-0.39, 0.29) is 0 Å². The summed E-state index contributed by atoms with van der Waals surface area (Å²) in [7, 11) is 0. The zero-order valence-electron chi connectivity index (χ0n) is 14.9. The van der Waals surface area contributed by atoms with Crippen LogP contribution in [0.15, 0.2) is 24.3 Å². The number of rotatable bonds is 8. The zero-order chi connectivity index (χ0) is 20.9. The van der Waals surface area contributed by atoms with Crippen LogP contribution in [0.2, 0.25) is 0 Å². The fourth-order valence-corrected chi connectivity index (χ4v) is 2.52. The molecule has 0 spiro atoms. The van der Waals surface area contributed by atoms with Gasteiger partial charge in [0.1, 0.15) is 11.7 Å². The summed E-state index contributed by atoms with van der Waals surface area (Å²) in [6.45, 7) is 4.05. The van der Waals surface area contributed by atoms with Gasteiger partial charge in [-0.15, -0.1) is 0 Å². The molecule has 1 aromatic rings. The molecule has 0 aliphatic heterocycles. The van der Waals surface area contributed by atoms with E-state index in [2.05, 4.69) is 0 Å². The molecule has 9 heteroatoms. The van der Waals surface area contributed by atoms with Crippen LogP contribution in [0.1, 0.15) is 44.2 Å². The summed E-state index contributed by atoms with van der Waals surface area (Å²) in [5.41, 5.74) is -2.06. The average molecular weight is 388 g/mol. The minimum absolute atomic E-state index is 0.354. The van der Waals surface area contributed by atoms with Crippen molar-refractivity contribution in [2.45, 2.75) is 45.4 Å². The van der Waals surface area contributed by atoms with Crippen LogP contribution >= 0.6 is 0 Å². The number of halogens is 3. The van der Waals surface area contributed by atoms with Gasteiger partial charge in [-0.3, -0.25) is 14.4 Å². The molecule has 27 heavy (non-hydrogen) atoms. The van der Waals surface area contributed by atoms with E-state index in [0.717, 1.165) is 25.1 Å². The molecule has 6 nitrogen and oxygen atoms in total. The number of Topliss-reactive ketones (excluding diaryl/α,β-unsaturated/α-hetero) is 2. The number of carbonyl (C=O) groups is 4. The minimum atomic E-state index is -4.92. The fourth-order valence-electron chi connectivity index (χ4n) is 2.52. The van der Waals surface area contributed by atoms with E-state index < -0.39 is 58.7 Å². The monoisotopic (exact) mass is 388 g/mol. The third-order valence-electron chi connectivity index (χ3n) is 4.01. The summed E-state index contributed by atoms with van der Waals surface area (Å²) in [5, 5.41) is 9.05. The Bertz CT molecular complexity index is 741. The molecule has 3 atom stereocenters. The lowest BCUT2D eigenvalue weighted by Crippen LogP contribution is -2.39. The average Bonchev–Trinajstić information content (AvgIpc) is 2.57. The van der Waals surface area contributed by atoms with Crippen molar-refractivity contribution in [3.05, 3.63) is 35.4 Å². The number of carboxylic acid groups (broad SMARTS) is 1. The van der Waals surface area contributed by atoms with Crippen molar-refractivity contribution in [3.63, 3.8) is 0 Å². The predicted octanol–water partition coefficient (Wildman–Crippen LogP) is 2.99. The highest BCUT2D eigenvalue weighted by Gasteiger charge is 2.46.